The number of aryl methyl sites for hydroxylation is 1. The van der Waals surface area contributed by atoms with E-state index in [1.807, 2.05) is 39.1 Å². The Balaban J connectivity index is 1.30. The first-order valence-electron chi connectivity index (χ1n) is 10.1. The number of benzene rings is 1. The van der Waals surface area contributed by atoms with Crippen LogP contribution < -0.4 is 5.32 Å². The summed E-state index contributed by atoms with van der Waals surface area (Å²) in [5.41, 5.74) is 3.72. The second kappa shape index (κ2) is 7.61. The molecule has 7 nitrogen and oxygen atoms in total. The summed E-state index contributed by atoms with van der Waals surface area (Å²) in [7, 11) is 2.06. The summed E-state index contributed by atoms with van der Waals surface area (Å²) < 4.78 is 4.19. The fraction of sp³-hybridized carbons (Fsp3) is 0.381. The number of aromatic nitrogens is 4. The highest BCUT2D eigenvalue weighted by Gasteiger charge is 2.26. The molecule has 0 atom stereocenters. The van der Waals surface area contributed by atoms with Crippen molar-refractivity contribution in [2.24, 2.45) is 7.05 Å². The van der Waals surface area contributed by atoms with Crippen molar-refractivity contribution in [3.05, 3.63) is 53.1 Å². The van der Waals surface area contributed by atoms with Crippen molar-refractivity contribution in [1.82, 2.24) is 29.2 Å². The van der Waals surface area contributed by atoms with Crippen molar-refractivity contribution in [3.63, 3.8) is 0 Å². The SMILES string of the molecule is Cn1c(CCNCc2c(C(=O)N3CCCC3)nc3sccn23)nc2ccccc21. The summed E-state index contributed by atoms with van der Waals surface area (Å²) in [6.45, 7) is 3.07. The monoisotopic (exact) mass is 408 g/mol. The molecule has 0 aliphatic carbocycles. The van der Waals surface area contributed by atoms with Crippen molar-refractivity contribution in [1.29, 1.82) is 0 Å². The van der Waals surface area contributed by atoms with Crippen LogP contribution in [-0.2, 0) is 20.0 Å². The number of hydrogen-bond acceptors (Lipinski definition) is 5. The first kappa shape index (κ1) is 18.3. The molecule has 5 rings (SSSR count). The number of fused-ring (bicyclic) bond motifs is 2. The molecule has 4 heterocycles. The van der Waals surface area contributed by atoms with E-state index in [2.05, 4.69) is 28.0 Å². The zero-order chi connectivity index (χ0) is 19.8. The Morgan fingerprint density at radius 3 is 2.86 bits per heavy atom. The lowest BCUT2D eigenvalue weighted by Gasteiger charge is -2.15. The number of likely N-dealkylation sites (tertiary alicyclic amines) is 1. The Labute approximate surface area is 173 Å². The number of amides is 1. The van der Waals surface area contributed by atoms with E-state index in [0.717, 1.165) is 66.4 Å². The van der Waals surface area contributed by atoms with Gasteiger partial charge in [-0.15, -0.1) is 11.3 Å². The third-order valence-electron chi connectivity index (χ3n) is 5.65. The van der Waals surface area contributed by atoms with Gasteiger partial charge in [-0.25, -0.2) is 9.97 Å². The maximum absolute atomic E-state index is 12.9. The van der Waals surface area contributed by atoms with Gasteiger partial charge in [0.15, 0.2) is 10.7 Å². The summed E-state index contributed by atoms with van der Waals surface area (Å²) in [5.74, 6) is 1.12. The molecule has 0 radical (unpaired) electrons. The maximum Gasteiger partial charge on any atom is 0.274 e. The van der Waals surface area contributed by atoms with E-state index in [9.17, 15) is 4.79 Å². The molecule has 1 fully saturated rings. The highest BCUT2D eigenvalue weighted by atomic mass is 32.1. The molecule has 29 heavy (non-hydrogen) atoms. The maximum atomic E-state index is 12.9. The van der Waals surface area contributed by atoms with Crippen molar-refractivity contribution in [2.45, 2.75) is 25.8 Å². The first-order valence-corrected chi connectivity index (χ1v) is 10.9. The van der Waals surface area contributed by atoms with E-state index >= 15 is 0 Å². The number of imidazole rings is 2. The Morgan fingerprint density at radius 2 is 2.03 bits per heavy atom. The van der Waals surface area contributed by atoms with Gasteiger partial charge in [-0.05, 0) is 25.0 Å². The number of rotatable bonds is 6. The Hall–Kier alpha value is -2.71. The third-order valence-corrected chi connectivity index (χ3v) is 6.41. The average molecular weight is 409 g/mol. The van der Waals surface area contributed by atoms with Crippen LogP contribution in [0.3, 0.4) is 0 Å². The predicted octanol–water partition coefficient (Wildman–Crippen LogP) is 2.85. The number of carbonyl (C=O) groups excluding carboxylic acids is 1. The van der Waals surface area contributed by atoms with E-state index in [1.54, 1.807) is 11.3 Å². The molecule has 4 aromatic rings. The van der Waals surface area contributed by atoms with Crippen LogP contribution in [0, 0.1) is 0 Å². The molecule has 3 aromatic heterocycles. The molecule has 150 valence electrons. The smallest absolute Gasteiger partial charge is 0.274 e. The largest absolute Gasteiger partial charge is 0.337 e. The van der Waals surface area contributed by atoms with Crippen molar-refractivity contribution in [3.8, 4) is 0 Å². The zero-order valence-corrected chi connectivity index (χ0v) is 17.3. The number of carbonyl (C=O) groups is 1. The molecule has 1 N–H and O–H groups in total. The van der Waals surface area contributed by atoms with Crippen LogP contribution in [0.25, 0.3) is 16.0 Å². The van der Waals surface area contributed by atoms with E-state index < -0.39 is 0 Å². The molecule has 8 heteroatoms. The second-order valence-corrected chi connectivity index (χ2v) is 8.34. The highest BCUT2D eigenvalue weighted by molar-refractivity contribution is 7.15. The van der Waals surface area contributed by atoms with Gasteiger partial charge in [0.25, 0.3) is 5.91 Å². The van der Waals surface area contributed by atoms with Crippen LogP contribution in [0.15, 0.2) is 35.8 Å². The van der Waals surface area contributed by atoms with Crippen LogP contribution in [0.2, 0.25) is 0 Å². The average Bonchev–Trinajstić information content (AvgIpc) is 3.51. The molecule has 0 bridgehead atoms. The molecule has 1 aromatic carbocycles. The van der Waals surface area contributed by atoms with Gasteiger partial charge in [0, 0.05) is 51.2 Å². The lowest BCUT2D eigenvalue weighted by Crippen LogP contribution is -2.30. The number of nitrogens with one attached hydrogen (secondary N) is 1. The predicted molar refractivity (Wildman–Crippen MR) is 114 cm³/mol. The van der Waals surface area contributed by atoms with Crippen LogP contribution in [-0.4, -0.2) is 49.4 Å². The van der Waals surface area contributed by atoms with Crippen LogP contribution in [0.5, 0.6) is 0 Å². The molecule has 0 saturated carbocycles. The minimum absolute atomic E-state index is 0.0607. The lowest BCUT2D eigenvalue weighted by molar-refractivity contribution is 0.0786. The quantitative estimate of drug-likeness (QED) is 0.498. The lowest BCUT2D eigenvalue weighted by atomic mass is 10.2. The van der Waals surface area contributed by atoms with Crippen molar-refractivity contribution < 1.29 is 4.79 Å². The molecule has 0 unspecified atom stereocenters. The van der Waals surface area contributed by atoms with Gasteiger partial charge in [-0.3, -0.25) is 9.20 Å². The second-order valence-electron chi connectivity index (χ2n) is 7.46. The molecular formula is C21H24N6OS. The van der Waals surface area contributed by atoms with Crippen molar-refractivity contribution in [2.75, 3.05) is 19.6 Å². The van der Waals surface area contributed by atoms with Gasteiger partial charge in [0.05, 0.1) is 16.7 Å². The van der Waals surface area contributed by atoms with Crippen LogP contribution in [0.1, 0.15) is 34.8 Å². The van der Waals surface area contributed by atoms with Gasteiger partial charge >= 0.3 is 0 Å². The van der Waals surface area contributed by atoms with Gasteiger partial charge in [-0.1, -0.05) is 12.1 Å². The Bertz CT molecular complexity index is 1170. The summed E-state index contributed by atoms with van der Waals surface area (Å²) >= 11 is 1.56. The fourth-order valence-electron chi connectivity index (χ4n) is 4.07. The van der Waals surface area contributed by atoms with Gasteiger partial charge in [-0.2, -0.15) is 0 Å². The first-order chi connectivity index (χ1) is 14.2. The van der Waals surface area contributed by atoms with Crippen LogP contribution in [0.4, 0.5) is 0 Å². The van der Waals surface area contributed by atoms with Crippen LogP contribution >= 0.6 is 11.3 Å². The highest BCUT2D eigenvalue weighted by Crippen LogP contribution is 2.21. The van der Waals surface area contributed by atoms with E-state index in [0.29, 0.717) is 12.2 Å². The fourth-order valence-corrected chi connectivity index (χ4v) is 4.80. The number of para-hydroxylation sites is 2. The number of hydrogen-bond donors (Lipinski definition) is 1. The molecule has 1 aliphatic heterocycles. The topological polar surface area (TPSA) is 67.5 Å². The standard InChI is InChI=1S/C21H24N6OS/c1-25-16-7-3-2-6-15(16)23-18(25)8-9-22-14-17-19(20(28)26-10-4-5-11-26)24-21-27(17)12-13-29-21/h2-3,6-7,12-13,22H,4-5,8-11,14H2,1H3. The van der Waals surface area contributed by atoms with Gasteiger partial charge < -0.3 is 14.8 Å². The number of thiazole rings is 1. The molecule has 1 saturated heterocycles. The third kappa shape index (κ3) is 3.32. The molecule has 1 aliphatic rings. The molecular weight excluding hydrogens is 384 g/mol. The van der Waals surface area contributed by atoms with E-state index in [4.69, 9.17) is 4.98 Å². The summed E-state index contributed by atoms with van der Waals surface area (Å²) in [6.07, 6.45) is 4.99. The van der Waals surface area contributed by atoms with E-state index in [-0.39, 0.29) is 5.91 Å². The zero-order valence-electron chi connectivity index (χ0n) is 16.5. The Kier molecular flexibility index (Phi) is 4.81. The molecule has 0 spiro atoms. The normalized spacial score (nSPS) is 14.4. The van der Waals surface area contributed by atoms with Gasteiger partial charge in [0.2, 0.25) is 0 Å². The van der Waals surface area contributed by atoms with Crippen molar-refractivity contribution >= 4 is 33.2 Å². The van der Waals surface area contributed by atoms with Gasteiger partial charge in [0.1, 0.15) is 5.82 Å². The molecule has 1 amide bonds. The number of nitrogens with zero attached hydrogens (tertiary/aromatic N) is 5. The van der Waals surface area contributed by atoms with E-state index in [1.165, 1.54) is 0 Å². The summed E-state index contributed by atoms with van der Waals surface area (Å²) in [6, 6.07) is 8.19. The summed E-state index contributed by atoms with van der Waals surface area (Å²) in [5, 5.41) is 5.50. The minimum Gasteiger partial charge on any atom is -0.337 e. The Morgan fingerprint density at radius 1 is 1.21 bits per heavy atom. The minimum atomic E-state index is 0.0607. The summed E-state index contributed by atoms with van der Waals surface area (Å²) in [4.78, 5) is 25.1.